The molecular weight excluding hydrogens is 272 g/mol. The van der Waals surface area contributed by atoms with Gasteiger partial charge in [-0.15, -0.1) is 0 Å². The number of hydrogen-bond acceptors (Lipinski definition) is 2. The van der Waals surface area contributed by atoms with Crippen LogP contribution in [0.2, 0.25) is 0 Å². The van der Waals surface area contributed by atoms with Crippen LogP contribution < -0.4 is 0 Å². The van der Waals surface area contributed by atoms with Crippen molar-refractivity contribution in [3.63, 3.8) is 0 Å². The molecule has 0 amide bonds. The molecule has 6 heteroatoms. The normalized spacial score (nSPS) is 9.90. The highest BCUT2D eigenvalue weighted by Crippen LogP contribution is 2.32. The maximum atomic E-state index is 13.7. The van der Waals surface area contributed by atoms with Gasteiger partial charge in [-0.05, 0) is 24.3 Å². The Morgan fingerprint density at radius 2 is 0.850 bits per heavy atom. The number of halogens is 4. The topological polar surface area (TPSA) is 47.6 Å². The maximum absolute atomic E-state index is 13.7. The minimum absolute atomic E-state index is 0.307. The van der Waals surface area contributed by atoms with Crippen LogP contribution in [0.15, 0.2) is 24.3 Å². The summed E-state index contributed by atoms with van der Waals surface area (Å²) >= 11 is 0. The average Bonchev–Trinajstić information content (AvgIpc) is 2.40. The lowest BCUT2D eigenvalue weighted by Gasteiger charge is -2.08. The van der Waals surface area contributed by atoms with Gasteiger partial charge in [0.15, 0.2) is 0 Å². The molecule has 0 unspecified atom stereocenters. The minimum atomic E-state index is -1.26. The van der Waals surface area contributed by atoms with Crippen molar-refractivity contribution in [2.75, 3.05) is 0 Å². The van der Waals surface area contributed by atoms with E-state index in [-0.39, 0.29) is 11.1 Å². The Kier molecular flexibility index (Phi) is 3.41. The van der Waals surface area contributed by atoms with E-state index in [9.17, 15) is 17.6 Å². The Morgan fingerprint density at radius 3 is 1.05 bits per heavy atom. The summed E-state index contributed by atoms with van der Waals surface area (Å²) in [6, 6.07) is 5.75. The monoisotopic (exact) mass is 276 g/mol. The second kappa shape index (κ2) is 5.02. The molecule has 2 aromatic carbocycles. The van der Waals surface area contributed by atoms with Crippen LogP contribution in [0.3, 0.4) is 0 Å². The molecule has 2 nitrogen and oxygen atoms in total. The second-order valence-corrected chi connectivity index (χ2v) is 3.85. The van der Waals surface area contributed by atoms with Gasteiger partial charge in [-0.3, -0.25) is 0 Å². The van der Waals surface area contributed by atoms with E-state index in [2.05, 4.69) is 0 Å². The van der Waals surface area contributed by atoms with E-state index < -0.39 is 34.4 Å². The average molecular weight is 276 g/mol. The first-order valence-corrected chi connectivity index (χ1v) is 5.26. The zero-order valence-corrected chi connectivity index (χ0v) is 9.72. The van der Waals surface area contributed by atoms with Crippen molar-refractivity contribution in [1.29, 1.82) is 10.5 Å². The molecule has 0 heterocycles. The molecule has 0 atom stereocenters. The fourth-order valence-corrected chi connectivity index (χ4v) is 1.75. The van der Waals surface area contributed by atoms with Gasteiger partial charge in [0.2, 0.25) is 0 Å². The van der Waals surface area contributed by atoms with Crippen molar-refractivity contribution in [3.05, 3.63) is 58.7 Å². The predicted octanol–water partition coefficient (Wildman–Crippen LogP) is 3.65. The molecule has 20 heavy (non-hydrogen) atoms. The van der Waals surface area contributed by atoms with E-state index in [1.54, 1.807) is 0 Å². The number of nitriles is 2. The molecule has 0 saturated heterocycles. The summed E-state index contributed by atoms with van der Waals surface area (Å²) in [5.74, 6) is -5.04. The van der Waals surface area contributed by atoms with Crippen LogP contribution in [0.25, 0.3) is 11.1 Å². The zero-order chi connectivity index (χ0) is 14.9. The number of hydrogen-bond donors (Lipinski definition) is 0. The van der Waals surface area contributed by atoms with Crippen molar-refractivity contribution in [2.24, 2.45) is 0 Å². The Hall–Kier alpha value is -2.86. The fraction of sp³-hybridized carbons (Fsp3) is 0. The van der Waals surface area contributed by atoms with Crippen LogP contribution >= 0.6 is 0 Å². The standard InChI is InChI=1S/C14H4F4N2/c15-9-1-7(5-19)2-10(16)13(9)14-11(17)3-8(6-20)4-12(14)18/h1-4H. The zero-order valence-electron chi connectivity index (χ0n) is 9.72. The summed E-state index contributed by atoms with van der Waals surface area (Å²) in [6.07, 6.45) is 0. The molecule has 0 saturated carbocycles. The van der Waals surface area contributed by atoms with Crippen LogP contribution in [-0.4, -0.2) is 0 Å². The van der Waals surface area contributed by atoms with E-state index in [1.807, 2.05) is 0 Å². The van der Waals surface area contributed by atoms with Crippen LogP contribution in [0, 0.1) is 45.9 Å². The summed E-state index contributed by atoms with van der Waals surface area (Å²) in [5, 5.41) is 17.1. The lowest BCUT2D eigenvalue weighted by molar-refractivity contribution is 0.563. The summed E-state index contributed by atoms with van der Waals surface area (Å²) in [6.45, 7) is 0. The van der Waals surface area contributed by atoms with Gasteiger partial charge in [0.25, 0.3) is 0 Å². The quantitative estimate of drug-likeness (QED) is 0.746. The molecule has 0 aliphatic carbocycles. The summed E-state index contributed by atoms with van der Waals surface area (Å²) in [4.78, 5) is 0. The van der Waals surface area contributed by atoms with Crippen molar-refractivity contribution < 1.29 is 17.6 Å². The third-order valence-corrected chi connectivity index (χ3v) is 2.59. The van der Waals surface area contributed by atoms with Gasteiger partial charge >= 0.3 is 0 Å². The highest BCUT2D eigenvalue weighted by molar-refractivity contribution is 5.68. The smallest absolute Gasteiger partial charge is 0.135 e. The van der Waals surface area contributed by atoms with E-state index in [4.69, 9.17) is 10.5 Å². The first kappa shape index (κ1) is 13.6. The van der Waals surface area contributed by atoms with Gasteiger partial charge in [0, 0.05) is 0 Å². The lowest BCUT2D eigenvalue weighted by Crippen LogP contribution is -1.99. The third kappa shape index (κ3) is 2.19. The van der Waals surface area contributed by atoms with Crippen molar-refractivity contribution in [1.82, 2.24) is 0 Å². The molecule has 0 bridgehead atoms. The number of benzene rings is 2. The summed E-state index contributed by atoms with van der Waals surface area (Å²) in [5.41, 5.74) is -2.44. The lowest BCUT2D eigenvalue weighted by atomic mass is 10.00. The molecular formula is C14H4F4N2. The number of rotatable bonds is 1. The van der Waals surface area contributed by atoms with Gasteiger partial charge < -0.3 is 0 Å². The highest BCUT2D eigenvalue weighted by Gasteiger charge is 2.21. The molecule has 0 spiro atoms. The third-order valence-electron chi connectivity index (χ3n) is 2.59. The Bertz CT molecular complexity index is 671. The van der Waals surface area contributed by atoms with Gasteiger partial charge in [-0.2, -0.15) is 10.5 Å². The molecule has 2 aromatic rings. The molecule has 0 fully saturated rings. The number of nitrogens with zero attached hydrogens (tertiary/aromatic N) is 2. The van der Waals surface area contributed by atoms with Crippen LogP contribution in [0.4, 0.5) is 17.6 Å². The largest absolute Gasteiger partial charge is 0.206 e. The minimum Gasteiger partial charge on any atom is -0.206 e. The van der Waals surface area contributed by atoms with Gasteiger partial charge in [0.1, 0.15) is 23.3 Å². The second-order valence-electron chi connectivity index (χ2n) is 3.85. The van der Waals surface area contributed by atoms with E-state index >= 15 is 0 Å². The van der Waals surface area contributed by atoms with Gasteiger partial charge in [-0.25, -0.2) is 17.6 Å². The predicted molar refractivity (Wildman–Crippen MR) is 61.1 cm³/mol. The van der Waals surface area contributed by atoms with E-state index in [0.717, 1.165) is 0 Å². The maximum Gasteiger partial charge on any atom is 0.135 e. The van der Waals surface area contributed by atoms with Crippen LogP contribution in [0.5, 0.6) is 0 Å². The highest BCUT2D eigenvalue weighted by atomic mass is 19.1. The summed E-state index contributed by atoms with van der Waals surface area (Å²) in [7, 11) is 0. The molecule has 0 aliphatic rings. The fourth-order valence-electron chi connectivity index (χ4n) is 1.75. The molecule has 0 N–H and O–H groups in total. The van der Waals surface area contributed by atoms with Crippen LogP contribution in [0.1, 0.15) is 11.1 Å². The Morgan fingerprint density at radius 1 is 0.600 bits per heavy atom. The molecule has 2 rings (SSSR count). The van der Waals surface area contributed by atoms with Crippen molar-refractivity contribution in [3.8, 4) is 23.3 Å². The molecule has 0 aromatic heterocycles. The van der Waals surface area contributed by atoms with E-state index in [1.165, 1.54) is 12.1 Å². The van der Waals surface area contributed by atoms with Crippen molar-refractivity contribution in [2.45, 2.75) is 0 Å². The van der Waals surface area contributed by atoms with Gasteiger partial charge in [-0.1, -0.05) is 0 Å². The SMILES string of the molecule is N#Cc1cc(F)c(-c2c(F)cc(C#N)cc2F)c(F)c1. The Labute approximate surface area is 111 Å². The Balaban J connectivity index is 2.77. The van der Waals surface area contributed by atoms with Crippen LogP contribution in [-0.2, 0) is 0 Å². The molecule has 0 aliphatic heterocycles. The van der Waals surface area contributed by atoms with E-state index in [0.29, 0.717) is 24.3 Å². The summed E-state index contributed by atoms with van der Waals surface area (Å²) < 4.78 is 54.9. The van der Waals surface area contributed by atoms with Crippen molar-refractivity contribution >= 4 is 0 Å². The first-order chi connectivity index (χ1) is 9.47. The molecule has 0 radical (unpaired) electrons. The molecule has 98 valence electrons. The van der Waals surface area contributed by atoms with Gasteiger partial charge in [0.05, 0.1) is 34.4 Å². The first-order valence-electron chi connectivity index (χ1n) is 5.26.